The molecule has 0 radical (unpaired) electrons. The van der Waals surface area contributed by atoms with Crippen LogP contribution in [0.15, 0.2) is 35.1 Å². The highest BCUT2D eigenvalue weighted by Gasteiger charge is 2.03. The molecule has 0 unspecified atom stereocenters. The Kier molecular flexibility index (Phi) is 5.14. The first-order chi connectivity index (χ1) is 9.72. The Morgan fingerprint density at radius 2 is 2.05 bits per heavy atom. The second-order valence-corrected chi connectivity index (χ2v) is 4.83. The van der Waals surface area contributed by atoms with E-state index in [2.05, 4.69) is 36.5 Å². The van der Waals surface area contributed by atoms with Crippen LogP contribution in [-0.4, -0.2) is 30.2 Å². The van der Waals surface area contributed by atoms with Gasteiger partial charge in [0.15, 0.2) is 0 Å². The lowest BCUT2D eigenvalue weighted by Crippen LogP contribution is -2.14. The summed E-state index contributed by atoms with van der Waals surface area (Å²) in [6.07, 6.45) is 1.50. The van der Waals surface area contributed by atoms with Gasteiger partial charge in [0.2, 0.25) is 0 Å². The monoisotopic (exact) mass is 337 g/mol. The molecule has 0 spiro atoms. The lowest BCUT2D eigenvalue weighted by molar-refractivity contribution is 0.412. The number of aromatic nitrogens is 2. The molecule has 6 nitrogen and oxygen atoms in total. The number of nitrogens with one attached hydrogen (secondary N) is 2. The number of nitrogens with zero attached hydrogens (tertiary/aromatic N) is 2. The van der Waals surface area contributed by atoms with E-state index in [0.29, 0.717) is 18.9 Å². The Hall–Kier alpha value is -1.86. The molecule has 4 N–H and O–H groups in total. The van der Waals surface area contributed by atoms with Gasteiger partial charge in [0, 0.05) is 24.8 Å². The molecule has 0 bridgehead atoms. The largest absolute Gasteiger partial charge is 0.496 e. The van der Waals surface area contributed by atoms with Crippen molar-refractivity contribution in [2.45, 2.75) is 0 Å². The number of benzene rings is 1. The Labute approximate surface area is 125 Å². The fourth-order valence-electron chi connectivity index (χ4n) is 1.61. The minimum atomic E-state index is 0.554. The standard InChI is InChI=1S/C13H16BrN5O/c1-20-11-3-2-9(6-10(11)14)19-13-7-12(16-5-4-15)17-8-18-13/h2-3,6-8H,4-5,15H2,1H3,(H2,16,17,18,19). The van der Waals surface area contributed by atoms with Gasteiger partial charge in [-0.15, -0.1) is 0 Å². The summed E-state index contributed by atoms with van der Waals surface area (Å²) >= 11 is 3.45. The Balaban J connectivity index is 2.11. The van der Waals surface area contributed by atoms with E-state index in [1.54, 1.807) is 7.11 Å². The average Bonchev–Trinajstić information content (AvgIpc) is 2.46. The van der Waals surface area contributed by atoms with E-state index >= 15 is 0 Å². The summed E-state index contributed by atoms with van der Waals surface area (Å²) in [5.74, 6) is 2.22. The predicted molar refractivity (Wildman–Crippen MR) is 83.6 cm³/mol. The maximum atomic E-state index is 5.44. The lowest BCUT2D eigenvalue weighted by Gasteiger charge is -2.09. The summed E-state index contributed by atoms with van der Waals surface area (Å²) in [5, 5.41) is 6.31. The van der Waals surface area contributed by atoms with Gasteiger partial charge in [-0.05, 0) is 34.1 Å². The van der Waals surface area contributed by atoms with Crippen LogP contribution in [0.4, 0.5) is 17.3 Å². The quantitative estimate of drug-likeness (QED) is 0.750. The first-order valence-electron chi connectivity index (χ1n) is 6.09. The fraction of sp³-hybridized carbons (Fsp3) is 0.231. The van der Waals surface area contributed by atoms with Crippen molar-refractivity contribution >= 4 is 33.3 Å². The number of rotatable bonds is 6. The highest BCUT2D eigenvalue weighted by molar-refractivity contribution is 9.10. The number of methoxy groups -OCH3 is 1. The zero-order valence-corrected chi connectivity index (χ0v) is 12.6. The summed E-state index contributed by atoms with van der Waals surface area (Å²) in [6.45, 7) is 1.22. The molecule has 0 amide bonds. The van der Waals surface area contributed by atoms with Crippen molar-refractivity contribution in [3.63, 3.8) is 0 Å². The van der Waals surface area contributed by atoms with Gasteiger partial charge in [-0.3, -0.25) is 0 Å². The van der Waals surface area contributed by atoms with E-state index in [-0.39, 0.29) is 0 Å². The van der Waals surface area contributed by atoms with Crippen LogP contribution < -0.4 is 21.1 Å². The van der Waals surface area contributed by atoms with E-state index in [0.717, 1.165) is 21.7 Å². The van der Waals surface area contributed by atoms with Gasteiger partial charge in [0.25, 0.3) is 0 Å². The maximum Gasteiger partial charge on any atom is 0.135 e. The normalized spacial score (nSPS) is 10.2. The van der Waals surface area contributed by atoms with E-state index in [4.69, 9.17) is 10.5 Å². The van der Waals surface area contributed by atoms with Crippen molar-refractivity contribution in [3.05, 3.63) is 35.1 Å². The fourth-order valence-corrected chi connectivity index (χ4v) is 2.16. The number of halogens is 1. The molecule has 0 aliphatic heterocycles. The summed E-state index contributed by atoms with van der Waals surface area (Å²) in [4.78, 5) is 8.29. The summed E-state index contributed by atoms with van der Waals surface area (Å²) in [6, 6.07) is 7.54. The molecule has 2 rings (SSSR count). The molecule has 1 heterocycles. The lowest BCUT2D eigenvalue weighted by atomic mass is 10.3. The van der Waals surface area contributed by atoms with Crippen LogP contribution >= 0.6 is 15.9 Å². The van der Waals surface area contributed by atoms with E-state index < -0.39 is 0 Å². The second-order valence-electron chi connectivity index (χ2n) is 3.98. The molecule has 0 saturated carbocycles. The third-order valence-electron chi connectivity index (χ3n) is 2.54. The van der Waals surface area contributed by atoms with Gasteiger partial charge in [-0.25, -0.2) is 9.97 Å². The van der Waals surface area contributed by atoms with Crippen molar-refractivity contribution in [1.82, 2.24) is 9.97 Å². The third-order valence-corrected chi connectivity index (χ3v) is 3.16. The predicted octanol–water partition coefficient (Wildman–Crippen LogP) is 2.36. The van der Waals surface area contributed by atoms with Crippen LogP contribution in [0.1, 0.15) is 0 Å². The smallest absolute Gasteiger partial charge is 0.135 e. The van der Waals surface area contributed by atoms with Crippen LogP contribution in [0.3, 0.4) is 0 Å². The van der Waals surface area contributed by atoms with Gasteiger partial charge in [0.1, 0.15) is 23.7 Å². The topological polar surface area (TPSA) is 85.1 Å². The number of nitrogens with two attached hydrogens (primary N) is 1. The van der Waals surface area contributed by atoms with E-state index in [1.165, 1.54) is 6.33 Å². The van der Waals surface area contributed by atoms with Gasteiger partial charge >= 0.3 is 0 Å². The Bertz CT molecular complexity index is 578. The van der Waals surface area contributed by atoms with Crippen molar-refractivity contribution in [3.8, 4) is 5.75 Å². The molecule has 106 valence electrons. The molecule has 0 aliphatic rings. The molecular weight excluding hydrogens is 322 g/mol. The zero-order valence-electron chi connectivity index (χ0n) is 11.1. The van der Waals surface area contributed by atoms with E-state index in [1.807, 2.05) is 24.3 Å². The minimum Gasteiger partial charge on any atom is -0.496 e. The van der Waals surface area contributed by atoms with Crippen LogP contribution in [0.2, 0.25) is 0 Å². The molecular formula is C13H16BrN5O. The van der Waals surface area contributed by atoms with Crippen molar-refractivity contribution < 1.29 is 4.74 Å². The second kappa shape index (κ2) is 7.06. The van der Waals surface area contributed by atoms with Crippen LogP contribution in [0.5, 0.6) is 5.75 Å². The molecule has 1 aromatic heterocycles. The van der Waals surface area contributed by atoms with Crippen LogP contribution in [0, 0.1) is 0 Å². The third kappa shape index (κ3) is 3.82. The molecule has 0 saturated heterocycles. The van der Waals surface area contributed by atoms with Gasteiger partial charge in [-0.2, -0.15) is 0 Å². The Morgan fingerprint density at radius 3 is 2.75 bits per heavy atom. The van der Waals surface area contributed by atoms with Crippen LogP contribution in [-0.2, 0) is 0 Å². The number of anilines is 3. The summed E-state index contributed by atoms with van der Waals surface area (Å²) in [7, 11) is 1.63. The van der Waals surface area contributed by atoms with Crippen molar-refractivity contribution in [2.24, 2.45) is 5.73 Å². The summed E-state index contributed by atoms with van der Waals surface area (Å²) in [5.41, 5.74) is 6.35. The SMILES string of the molecule is COc1ccc(Nc2cc(NCCN)ncn2)cc1Br. The van der Waals surface area contributed by atoms with Gasteiger partial charge in [-0.1, -0.05) is 0 Å². The van der Waals surface area contributed by atoms with Crippen molar-refractivity contribution in [2.75, 3.05) is 30.8 Å². The molecule has 0 fully saturated rings. The first kappa shape index (κ1) is 14.5. The average molecular weight is 338 g/mol. The molecule has 20 heavy (non-hydrogen) atoms. The number of hydrogen-bond donors (Lipinski definition) is 3. The molecule has 1 aromatic carbocycles. The summed E-state index contributed by atoms with van der Waals surface area (Å²) < 4.78 is 6.07. The number of hydrogen-bond acceptors (Lipinski definition) is 6. The zero-order chi connectivity index (χ0) is 14.4. The minimum absolute atomic E-state index is 0.554. The molecule has 0 atom stereocenters. The van der Waals surface area contributed by atoms with Crippen molar-refractivity contribution in [1.29, 1.82) is 0 Å². The number of ether oxygens (including phenoxy) is 1. The molecule has 7 heteroatoms. The van der Waals surface area contributed by atoms with Crippen LogP contribution in [0.25, 0.3) is 0 Å². The van der Waals surface area contributed by atoms with Gasteiger partial charge in [0.05, 0.1) is 11.6 Å². The van der Waals surface area contributed by atoms with E-state index in [9.17, 15) is 0 Å². The van der Waals surface area contributed by atoms with Gasteiger partial charge < -0.3 is 21.1 Å². The Morgan fingerprint density at radius 1 is 1.25 bits per heavy atom. The first-order valence-corrected chi connectivity index (χ1v) is 6.89. The highest BCUT2D eigenvalue weighted by Crippen LogP contribution is 2.29. The maximum absolute atomic E-state index is 5.44. The highest BCUT2D eigenvalue weighted by atomic mass is 79.9. The molecule has 0 aliphatic carbocycles. The molecule has 2 aromatic rings.